The van der Waals surface area contributed by atoms with Crippen molar-refractivity contribution in [3.63, 3.8) is 0 Å². The molecule has 1 aliphatic heterocycles. The lowest BCUT2D eigenvalue weighted by Gasteiger charge is -2.44. The smallest absolute Gasteiger partial charge is 0.405 e. The second-order valence-corrected chi connectivity index (χ2v) is 5.82. The minimum atomic E-state index is -4.41. The van der Waals surface area contributed by atoms with Crippen molar-refractivity contribution >= 4 is 5.91 Å². The normalized spacial score (nSPS) is 22.4. The van der Waals surface area contributed by atoms with Crippen molar-refractivity contribution in [2.24, 2.45) is 0 Å². The Morgan fingerprint density at radius 1 is 1.17 bits per heavy atom. The maximum atomic E-state index is 13.3. The molecule has 5 nitrogen and oxygen atoms in total. The Balaban J connectivity index is 2.37. The average Bonchev–Trinajstić information content (AvgIpc) is 2.54. The molecule has 1 amide bonds. The number of amides is 1. The van der Waals surface area contributed by atoms with Crippen LogP contribution >= 0.6 is 0 Å². The number of hydrogen-bond donors (Lipinski definition) is 0. The monoisotopic (exact) mass is 346 g/mol. The fraction of sp³-hybridized carbons (Fsp3) is 0.562. The Hall–Kier alpha value is -1.96. The zero-order valence-corrected chi connectivity index (χ0v) is 14.1. The third-order valence-electron chi connectivity index (χ3n) is 4.37. The van der Waals surface area contributed by atoms with Gasteiger partial charge in [-0.3, -0.25) is 9.69 Å². The van der Waals surface area contributed by atoms with E-state index >= 15 is 0 Å². The first-order valence-electron chi connectivity index (χ1n) is 7.49. The second kappa shape index (κ2) is 6.88. The second-order valence-electron chi connectivity index (χ2n) is 5.82. The third kappa shape index (κ3) is 3.43. The zero-order valence-electron chi connectivity index (χ0n) is 14.1. The van der Waals surface area contributed by atoms with Gasteiger partial charge in [-0.15, -0.1) is 0 Å². The van der Waals surface area contributed by atoms with Crippen molar-refractivity contribution in [2.75, 3.05) is 34.4 Å². The van der Waals surface area contributed by atoms with E-state index in [2.05, 4.69) is 0 Å². The fourth-order valence-electron chi connectivity index (χ4n) is 2.89. The molecule has 0 bridgehead atoms. The first-order chi connectivity index (χ1) is 11.2. The van der Waals surface area contributed by atoms with Gasteiger partial charge in [0, 0.05) is 19.1 Å². The maximum Gasteiger partial charge on any atom is 0.405 e. The molecule has 0 radical (unpaired) electrons. The highest BCUT2D eigenvalue weighted by Gasteiger charge is 2.48. The molecule has 8 heteroatoms. The van der Waals surface area contributed by atoms with Gasteiger partial charge in [-0.2, -0.15) is 13.2 Å². The van der Waals surface area contributed by atoms with E-state index in [0.29, 0.717) is 0 Å². The molecule has 134 valence electrons. The number of benzene rings is 1. The number of rotatable bonds is 3. The number of alkyl halides is 3. The summed E-state index contributed by atoms with van der Waals surface area (Å²) >= 11 is 0. The number of piperazine rings is 1. The molecule has 1 aromatic rings. The number of methoxy groups -OCH3 is 2. The van der Waals surface area contributed by atoms with E-state index in [-0.39, 0.29) is 23.6 Å². The molecule has 0 N–H and O–H groups in total. The zero-order chi connectivity index (χ0) is 18.1. The van der Waals surface area contributed by atoms with Crippen molar-refractivity contribution in [1.82, 2.24) is 9.80 Å². The molecular weight excluding hydrogens is 325 g/mol. The van der Waals surface area contributed by atoms with E-state index in [1.165, 1.54) is 31.1 Å². The first-order valence-corrected chi connectivity index (χ1v) is 7.49. The van der Waals surface area contributed by atoms with Crippen LogP contribution in [0.5, 0.6) is 11.5 Å². The van der Waals surface area contributed by atoms with Crippen LogP contribution in [-0.4, -0.2) is 68.3 Å². The van der Waals surface area contributed by atoms with Crippen LogP contribution < -0.4 is 9.47 Å². The molecule has 24 heavy (non-hydrogen) atoms. The van der Waals surface area contributed by atoms with E-state index in [9.17, 15) is 18.0 Å². The molecule has 1 saturated heterocycles. The van der Waals surface area contributed by atoms with Crippen LogP contribution in [0.1, 0.15) is 17.3 Å². The highest BCUT2D eigenvalue weighted by molar-refractivity contribution is 5.99. The summed E-state index contributed by atoms with van der Waals surface area (Å²) in [5, 5.41) is 0. The maximum absolute atomic E-state index is 13.3. The lowest BCUT2D eigenvalue weighted by atomic mass is 10.0. The molecule has 2 atom stereocenters. The summed E-state index contributed by atoms with van der Waals surface area (Å²) in [5.74, 6) is 0.0162. The molecular formula is C16H21F3N2O3. The van der Waals surface area contributed by atoms with Gasteiger partial charge in [-0.25, -0.2) is 0 Å². The van der Waals surface area contributed by atoms with Crippen LogP contribution in [0, 0.1) is 0 Å². The molecule has 1 heterocycles. The standard InChI is InChI=1S/C16H21F3N2O3/c1-10-8-21(9-13(20(10)2)16(17,18)19)15(22)14-11(23-3)6-5-7-12(14)24-4/h5-7,10,13H,8-9H2,1-4H3. The van der Waals surface area contributed by atoms with Crippen molar-refractivity contribution in [3.8, 4) is 11.5 Å². The summed E-state index contributed by atoms with van der Waals surface area (Å²) in [6.07, 6.45) is -4.41. The molecule has 2 rings (SSSR count). The summed E-state index contributed by atoms with van der Waals surface area (Å²) in [6.45, 7) is 1.44. The Morgan fingerprint density at radius 2 is 1.71 bits per heavy atom. The van der Waals surface area contributed by atoms with Gasteiger partial charge < -0.3 is 14.4 Å². The van der Waals surface area contributed by atoms with Crippen LogP contribution in [0.25, 0.3) is 0 Å². The molecule has 1 aromatic carbocycles. The minimum Gasteiger partial charge on any atom is -0.496 e. The summed E-state index contributed by atoms with van der Waals surface area (Å²) in [6, 6.07) is 2.69. The van der Waals surface area contributed by atoms with Crippen molar-refractivity contribution < 1.29 is 27.4 Å². The quantitative estimate of drug-likeness (QED) is 0.843. The molecule has 0 saturated carbocycles. The Kier molecular flexibility index (Phi) is 5.27. The van der Waals surface area contributed by atoms with Gasteiger partial charge in [0.05, 0.1) is 14.2 Å². The van der Waals surface area contributed by atoms with Gasteiger partial charge in [0.1, 0.15) is 23.1 Å². The SMILES string of the molecule is COc1cccc(OC)c1C(=O)N1CC(C)N(C)C(C(F)(F)F)C1. The number of halogens is 3. The minimum absolute atomic E-state index is 0.139. The summed E-state index contributed by atoms with van der Waals surface area (Å²) in [5.41, 5.74) is 0.139. The number of carbonyl (C=O) groups is 1. The lowest BCUT2D eigenvalue weighted by Crippen LogP contribution is -2.62. The van der Waals surface area contributed by atoms with Crippen LogP contribution in [0.3, 0.4) is 0 Å². The molecule has 0 aliphatic carbocycles. The Bertz CT molecular complexity index is 584. The topological polar surface area (TPSA) is 42.0 Å². The highest BCUT2D eigenvalue weighted by Crippen LogP contribution is 2.33. The number of likely N-dealkylation sites (N-methyl/N-ethyl adjacent to an activating group) is 1. The predicted octanol–water partition coefficient (Wildman–Crippen LogP) is 2.41. The highest BCUT2D eigenvalue weighted by atomic mass is 19.4. The van der Waals surface area contributed by atoms with E-state index in [4.69, 9.17) is 9.47 Å². The fourth-order valence-corrected chi connectivity index (χ4v) is 2.89. The molecule has 1 fully saturated rings. The van der Waals surface area contributed by atoms with Crippen molar-refractivity contribution in [1.29, 1.82) is 0 Å². The Morgan fingerprint density at radius 3 is 2.17 bits per heavy atom. The molecule has 0 spiro atoms. The number of ether oxygens (including phenoxy) is 2. The van der Waals surface area contributed by atoms with Gasteiger partial charge in [-0.05, 0) is 26.1 Å². The number of hydrogen-bond acceptors (Lipinski definition) is 4. The largest absolute Gasteiger partial charge is 0.496 e. The Labute approximate surface area is 138 Å². The van der Waals surface area contributed by atoms with E-state index < -0.39 is 30.7 Å². The van der Waals surface area contributed by atoms with Crippen LogP contribution in [0.15, 0.2) is 18.2 Å². The van der Waals surface area contributed by atoms with Crippen LogP contribution in [0.4, 0.5) is 13.2 Å². The predicted molar refractivity (Wildman–Crippen MR) is 82.5 cm³/mol. The molecule has 1 aliphatic rings. The first kappa shape index (κ1) is 18.4. The number of carbonyl (C=O) groups excluding carboxylic acids is 1. The van der Waals surface area contributed by atoms with Crippen molar-refractivity contribution in [2.45, 2.75) is 25.2 Å². The summed E-state index contributed by atoms with van der Waals surface area (Å²) in [7, 11) is 4.22. The summed E-state index contributed by atoms with van der Waals surface area (Å²) < 4.78 is 50.2. The van der Waals surface area contributed by atoms with Gasteiger partial charge >= 0.3 is 6.18 Å². The van der Waals surface area contributed by atoms with E-state index in [0.717, 1.165) is 0 Å². The van der Waals surface area contributed by atoms with E-state index in [1.807, 2.05) is 0 Å². The van der Waals surface area contributed by atoms with Gasteiger partial charge in [-0.1, -0.05) is 6.07 Å². The third-order valence-corrected chi connectivity index (χ3v) is 4.37. The van der Waals surface area contributed by atoms with Crippen LogP contribution in [0.2, 0.25) is 0 Å². The number of nitrogens with zero attached hydrogens (tertiary/aromatic N) is 2. The van der Waals surface area contributed by atoms with Gasteiger partial charge in [0.2, 0.25) is 0 Å². The van der Waals surface area contributed by atoms with Gasteiger partial charge in [0.15, 0.2) is 0 Å². The van der Waals surface area contributed by atoms with Gasteiger partial charge in [0.25, 0.3) is 5.91 Å². The molecule has 2 unspecified atom stereocenters. The summed E-state index contributed by atoms with van der Waals surface area (Å²) in [4.78, 5) is 15.3. The van der Waals surface area contributed by atoms with E-state index in [1.54, 1.807) is 25.1 Å². The van der Waals surface area contributed by atoms with Crippen LogP contribution in [-0.2, 0) is 0 Å². The lowest BCUT2D eigenvalue weighted by molar-refractivity contribution is -0.197. The molecule has 0 aromatic heterocycles. The average molecular weight is 346 g/mol. The van der Waals surface area contributed by atoms with Crippen molar-refractivity contribution in [3.05, 3.63) is 23.8 Å².